The third-order valence-electron chi connectivity index (χ3n) is 5.19. The SMILES string of the molecule is [N-]=[N+]=NC(S(=O)(=O)CCCCCCS(=O)(=O)C(N=[N+]=[N-])S(=O)(=O)c1ccccc1)S(=O)(=O)c1ccccc1. The van der Waals surface area contributed by atoms with Gasteiger partial charge in [0.2, 0.25) is 29.1 Å². The molecule has 0 saturated heterocycles. The first-order chi connectivity index (χ1) is 17.8. The molecule has 0 fully saturated rings. The topological polar surface area (TPSA) is 234 Å². The van der Waals surface area contributed by atoms with Crippen LogP contribution in [-0.2, 0) is 39.3 Å². The number of nitrogens with zero attached hydrogens (tertiary/aromatic N) is 6. The third kappa shape index (κ3) is 7.69. The van der Waals surface area contributed by atoms with Crippen molar-refractivity contribution in [3.63, 3.8) is 0 Å². The maximum atomic E-state index is 12.7. The van der Waals surface area contributed by atoms with Gasteiger partial charge in [0, 0.05) is 9.82 Å². The van der Waals surface area contributed by atoms with E-state index in [-0.39, 0.29) is 35.5 Å². The van der Waals surface area contributed by atoms with Gasteiger partial charge in [0.25, 0.3) is 0 Å². The molecule has 18 heteroatoms. The van der Waals surface area contributed by atoms with Gasteiger partial charge >= 0.3 is 0 Å². The number of azide groups is 2. The predicted molar refractivity (Wildman–Crippen MR) is 139 cm³/mol. The summed E-state index contributed by atoms with van der Waals surface area (Å²) in [5.74, 6) is -1.31. The van der Waals surface area contributed by atoms with Gasteiger partial charge in [-0.25, -0.2) is 33.7 Å². The largest absolute Gasteiger partial charge is 0.245 e. The Hall–Kier alpha value is -3.14. The van der Waals surface area contributed by atoms with Crippen molar-refractivity contribution in [1.29, 1.82) is 0 Å². The van der Waals surface area contributed by atoms with Crippen molar-refractivity contribution < 1.29 is 33.7 Å². The molecule has 14 nitrogen and oxygen atoms in total. The lowest BCUT2D eigenvalue weighted by Gasteiger charge is -2.14. The average molecular weight is 605 g/mol. The summed E-state index contributed by atoms with van der Waals surface area (Å²) in [6.07, 6.45) is 0.125. The lowest BCUT2D eigenvalue weighted by atomic mass is 10.2. The second-order valence-corrected chi connectivity index (χ2v) is 16.9. The fraction of sp³-hybridized carbons (Fsp3) is 0.400. The van der Waals surface area contributed by atoms with E-state index in [1.807, 2.05) is 0 Å². The molecule has 0 radical (unpaired) electrons. The van der Waals surface area contributed by atoms with Crippen molar-refractivity contribution in [2.75, 3.05) is 11.5 Å². The van der Waals surface area contributed by atoms with E-state index in [1.165, 1.54) is 60.7 Å². The van der Waals surface area contributed by atoms with Crippen LogP contribution in [0.25, 0.3) is 20.9 Å². The molecular weight excluding hydrogens is 581 g/mol. The van der Waals surface area contributed by atoms with E-state index in [9.17, 15) is 33.7 Å². The summed E-state index contributed by atoms with van der Waals surface area (Å²) in [6, 6.07) is 13.3. The van der Waals surface area contributed by atoms with Crippen molar-refractivity contribution in [3.8, 4) is 0 Å². The average Bonchev–Trinajstić information content (AvgIpc) is 2.88. The molecule has 38 heavy (non-hydrogen) atoms. The van der Waals surface area contributed by atoms with Crippen LogP contribution >= 0.6 is 0 Å². The Morgan fingerprint density at radius 1 is 0.553 bits per heavy atom. The Morgan fingerprint density at radius 2 is 0.868 bits per heavy atom. The summed E-state index contributed by atoms with van der Waals surface area (Å²) in [6.45, 7) is 0. The van der Waals surface area contributed by atoms with Crippen LogP contribution in [-0.4, -0.2) is 54.6 Å². The van der Waals surface area contributed by atoms with Gasteiger partial charge in [0.15, 0.2) is 19.7 Å². The molecule has 0 bridgehead atoms. The monoisotopic (exact) mass is 604 g/mol. The fourth-order valence-electron chi connectivity index (χ4n) is 3.35. The minimum Gasteiger partial charge on any atom is -0.227 e. The quantitative estimate of drug-likeness (QED) is 0.126. The Kier molecular flexibility index (Phi) is 10.7. The zero-order valence-corrected chi connectivity index (χ0v) is 23.0. The molecule has 2 unspecified atom stereocenters. The Labute approximate surface area is 220 Å². The molecule has 0 aromatic heterocycles. The highest BCUT2D eigenvalue weighted by Gasteiger charge is 2.39. The van der Waals surface area contributed by atoms with Gasteiger partial charge in [0.1, 0.15) is 0 Å². The lowest BCUT2D eigenvalue weighted by Crippen LogP contribution is -2.31. The molecule has 0 aliphatic rings. The highest BCUT2D eigenvalue weighted by Crippen LogP contribution is 2.24. The van der Waals surface area contributed by atoms with Crippen molar-refractivity contribution >= 4 is 39.3 Å². The van der Waals surface area contributed by atoms with Gasteiger partial charge in [-0.15, -0.1) is 0 Å². The number of rotatable bonds is 15. The molecule has 2 aromatic rings. The molecule has 2 atom stereocenters. The first-order valence-corrected chi connectivity index (χ1v) is 17.4. The van der Waals surface area contributed by atoms with Gasteiger partial charge in [-0.3, -0.25) is 0 Å². The molecule has 206 valence electrons. The van der Waals surface area contributed by atoms with E-state index in [2.05, 4.69) is 20.1 Å². The van der Waals surface area contributed by atoms with E-state index in [0.29, 0.717) is 0 Å². The van der Waals surface area contributed by atoms with Crippen LogP contribution in [0.2, 0.25) is 0 Å². The first-order valence-electron chi connectivity index (χ1n) is 10.9. The van der Waals surface area contributed by atoms with Crippen molar-refractivity contribution in [1.82, 2.24) is 0 Å². The van der Waals surface area contributed by atoms with Crippen LogP contribution in [0.1, 0.15) is 25.7 Å². The van der Waals surface area contributed by atoms with Crippen molar-refractivity contribution in [2.45, 2.75) is 44.9 Å². The smallest absolute Gasteiger partial charge is 0.227 e. The number of hydrogen-bond donors (Lipinski definition) is 0. The summed E-state index contributed by atoms with van der Waals surface area (Å²) in [7, 11) is -17.9. The molecule has 0 spiro atoms. The highest BCUT2D eigenvalue weighted by atomic mass is 32.3. The molecular formula is C20H24N6O8S4. The Bertz CT molecular complexity index is 1510. The van der Waals surface area contributed by atoms with Crippen LogP contribution in [0, 0.1) is 0 Å². The second kappa shape index (κ2) is 13.1. The van der Waals surface area contributed by atoms with Gasteiger partial charge in [-0.2, -0.15) is 0 Å². The number of sulfone groups is 4. The minimum absolute atomic E-state index is 0.0772. The highest BCUT2D eigenvalue weighted by molar-refractivity contribution is 8.09. The fourth-order valence-corrected chi connectivity index (χ4v) is 11.5. The summed E-state index contributed by atoms with van der Waals surface area (Å²) < 4.78 is 96.9. The molecule has 0 amide bonds. The molecule has 2 rings (SSSR count). The summed E-state index contributed by atoms with van der Waals surface area (Å²) in [4.78, 5) is 4.08. The normalized spacial score (nSPS) is 14.0. The van der Waals surface area contributed by atoms with Gasteiger partial charge in [-0.05, 0) is 48.2 Å². The van der Waals surface area contributed by atoms with Gasteiger partial charge < -0.3 is 0 Å². The molecule has 0 aliphatic carbocycles. The van der Waals surface area contributed by atoms with Crippen LogP contribution in [0.15, 0.2) is 80.7 Å². The van der Waals surface area contributed by atoms with Crippen LogP contribution in [0.3, 0.4) is 0 Å². The number of hydrogen-bond acceptors (Lipinski definition) is 10. The van der Waals surface area contributed by atoms with Crippen LogP contribution in [0.4, 0.5) is 0 Å². The second-order valence-electron chi connectivity index (χ2n) is 7.89. The third-order valence-corrected chi connectivity index (χ3v) is 14.7. The summed E-state index contributed by atoms with van der Waals surface area (Å²) in [5, 5.41) is 6.01. The predicted octanol–water partition coefficient (Wildman–Crippen LogP) is 3.51. The zero-order valence-electron chi connectivity index (χ0n) is 19.8. The van der Waals surface area contributed by atoms with Crippen molar-refractivity contribution in [2.24, 2.45) is 10.2 Å². The standard InChI is InChI=1S/C20H24N6O8S4/c21-25-23-19(37(31,32)17-11-5-3-6-12-17)35(27,28)15-9-1-2-10-16-36(29,30)20(24-26-22)38(33,34)18-13-7-4-8-14-18/h3-8,11-14,19-20H,1-2,9-10,15-16H2. The lowest BCUT2D eigenvalue weighted by molar-refractivity contribution is 0.565. The zero-order chi connectivity index (χ0) is 28.5. The van der Waals surface area contributed by atoms with E-state index in [4.69, 9.17) is 11.1 Å². The molecule has 0 heterocycles. The minimum atomic E-state index is -4.52. The van der Waals surface area contributed by atoms with Crippen molar-refractivity contribution in [3.05, 3.63) is 81.5 Å². The Balaban J connectivity index is 2.02. The maximum Gasteiger partial charge on any atom is 0.245 e. The molecule has 0 aliphatic heterocycles. The molecule has 2 aromatic carbocycles. The maximum absolute atomic E-state index is 12.7. The van der Waals surface area contributed by atoms with Gasteiger partial charge in [0.05, 0.1) is 21.3 Å². The number of unbranched alkanes of at least 4 members (excludes halogenated alkanes) is 3. The molecule has 0 N–H and O–H groups in total. The van der Waals surface area contributed by atoms with E-state index in [0.717, 1.165) is 0 Å². The number of benzene rings is 2. The summed E-state index contributed by atoms with van der Waals surface area (Å²) >= 11 is 0. The molecule has 0 saturated carbocycles. The Morgan fingerprint density at radius 3 is 1.16 bits per heavy atom. The van der Waals surface area contributed by atoms with E-state index >= 15 is 0 Å². The summed E-state index contributed by atoms with van der Waals surface area (Å²) in [5.41, 5.74) is 17.5. The van der Waals surface area contributed by atoms with E-state index < -0.39 is 60.3 Å². The van der Waals surface area contributed by atoms with E-state index in [1.54, 1.807) is 0 Å². The first kappa shape index (κ1) is 31.1. The van der Waals surface area contributed by atoms with Crippen LogP contribution < -0.4 is 0 Å². The van der Waals surface area contributed by atoms with Crippen LogP contribution in [0.5, 0.6) is 0 Å². The van der Waals surface area contributed by atoms with Gasteiger partial charge in [-0.1, -0.05) is 59.5 Å².